The molecule has 1 aliphatic heterocycles. The standard InChI is InChI=1S/C14H16N4O2/c1-17(2)14-15-10-6-4-3-5-9(10)8-18(14)11-7-12(19)16-13(11)20/h3-7,16,19-20H,8H2,1-2H3. The lowest BCUT2D eigenvalue weighted by Crippen LogP contribution is -2.41. The molecule has 6 heteroatoms. The molecular weight excluding hydrogens is 256 g/mol. The second-order valence-electron chi connectivity index (χ2n) is 4.91. The van der Waals surface area contributed by atoms with Gasteiger partial charge in [-0.25, -0.2) is 4.99 Å². The third kappa shape index (κ3) is 1.95. The Balaban J connectivity index is 2.10. The second kappa shape index (κ2) is 4.48. The molecule has 0 saturated heterocycles. The van der Waals surface area contributed by atoms with E-state index < -0.39 is 0 Å². The molecule has 2 heterocycles. The van der Waals surface area contributed by atoms with Gasteiger partial charge in [-0.1, -0.05) is 18.2 Å². The van der Waals surface area contributed by atoms with E-state index in [4.69, 9.17) is 0 Å². The van der Waals surface area contributed by atoms with Gasteiger partial charge in [0.05, 0.1) is 12.2 Å². The number of nitrogens with one attached hydrogen (secondary N) is 1. The molecule has 1 aromatic carbocycles. The van der Waals surface area contributed by atoms with E-state index >= 15 is 0 Å². The van der Waals surface area contributed by atoms with E-state index in [1.165, 1.54) is 6.07 Å². The molecule has 6 nitrogen and oxygen atoms in total. The summed E-state index contributed by atoms with van der Waals surface area (Å²) >= 11 is 0. The van der Waals surface area contributed by atoms with Crippen LogP contribution in [0.1, 0.15) is 5.56 Å². The third-order valence-corrected chi connectivity index (χ3v) is 3.24. The number of benzene rings is 1. The van der Waals surface area contributed by atoms with Crippen LogP contribution in [0.2, 0.25) is 0 Å². The van der Waals surface area contributed by atoms with Gasteiger partial charge in [0.2, 0.25) is 11.8 Å². The zero-order valence-corrected chi connectivity index (χ0v) is 11.3. The first-order valence-electron chi connectivity index (χ1n) is 6.28. The summed E-state index contributed by atoms with van der Waals surface area (Å²) in [5.41, 5.74) is 2.49. The average Bonchev–Trinajstić information content (AvgIpc) is 2.76. The van der Waals surface area contributed by atoms with Gasteiger partial charge in [-0.2, -0.15) is 0 Å². The molecule has 1 aliphatic rings. The van der Waals surface area contributed by atoms with Crippen molar-refractivity contribution in [1.29, 1.82) is 0 Å². The summed E-state index contributed by atoms with van der Waals surface area (Å²) in [6.07, 6.45) is 0. The minimum atomic E-state index is -0.0746. The molecular formula is C14H16N4O2. The Morgan fingerprint density at radius 3 is 2.65 bits per heavy atom. The predicted molar refractivity (Wildman–Crippen MR) is 77.5 cm³/mol. The monoisotopic (exact) mass is 272 g/mol. The van der Waals surface area contributed by atoms with Gasteiger partial charge in [-0.15, -0.1) is 0 Å². The number of hydrogen-bond donors (Lipinski definition) is 3. The first-order valence-corrected chi connectivity index (χ1v) is 6.28. The van der Waals surface area contributed by atoms with Crippen LogP contribution in [0, 0.1) is 0 Å². The highest BCUT2D eigenvalue weighted by Crippen LogP contribution is 2.36. The number of rotatable bonds is 1. The average molecular weight is 272 g/mol. The van der Waals surface area contributed by atoms with Crippen LogP contribution in [0.15, 0.2) is 35.3 Å². The fourth-order valence-electron chi connectivity index (χ4n) is 2.32. The summed E-state index contributed by atoms with van der Waals surface area (Å²) in [7, 11) is 3.78. The summed E-state index contributed by atoms with van der Waals surface area (Å²) in [4.78, 5) is 10.8. The van der Waals surface area contributed by atoms with Gasteiger partial charge in [0.15, 0.2) is 5.88 Å². The van der Waals surface area contributed by atoms with Crippen molar-refractivity contribution in [2.75, 3.05) is 19.0 Å². The van der Waals surface area contributed by atoms with Crippen molar-refractivity contribution in [2.24, 2.45) is 4.99 Å². The van der Waals surface area contributed by atoms with Gasteiger partial charge < -0.3 is 20.0 Å². The normalized spacial score (nSPS) is 13.9. The molecule has 104 valence electrons. The number of nitrogens with zero attached hydrogens (tertiary/aromatic N) is 3. The third-order valence-electron chi connectivity index (χ3n) is 3.24. The van der Waals surface area contributed by atoms with Crippen molar-refractivity contribution in [2.45, 2.75) is 6.54 Å². The second-order valence-corrected chi connectivity index (χ2v) is 4.91. The van der Waals surface area contributed by atoms with E-state index in [1.54, 1.807) is 0 Å². The molecule has 0 unspecified atom stereocenters. The smallest absolute Gasteiger partial charge is 0.216 e. The molecule has 0 bridgehead atoms. The number of anilines is 1. The van der Waals surface area contributed by atoms with Gasteiger partial charge in [-0.05, 0) is 11.6 Å². The van der Waals surface area contributed by atoms with Crippen molar-refractivity contribution in [1.82, 2.24) is 9.88 Å². The van der Waals surface area contributed by atoms with Crippen LogP contribution in [0.5, 0.6) is 11.8 Å². The van der Waals surface area contributed by atoms with E-state index in [2.05, 4.69) is 9.98 Å². The minimum absolute atomic E-state index is 0.0727. The minimum Gasteiger partial charge on any atom is -0.494 e. The Kier molecular flexibility index (Phi) is 2.78. The summed E-state index contributed by atoms with van der Waals surface area (Å²) in [5, 5.41) is 19.4. The van der Waals surface area contributed by atoms with Gasteiger partial charge in [0.25, 0.3) is 0 Å². The molecule has 0 amide bonds. The van der Waals surface area contributed by atoms with E-state index in [-0.39, 0.29) is 11.8 Å². The number of hydrogen-bond acceptors (Lipinski definition) is 5. The maximum atomic E-state index is 9.90. The first-order chi connectivity index (χ1) is 9.56. The largest absolute Gasteiger partial charge is 0.494 e. The summed E-state index contributed by atoms with van der Waals surface area (Å²) in [6, 6.07) is 9.36. The molecule has 0 fully saturated rings. The van der Waals surface area contributed by atoms with Crippen LogP contribution in [0.25, 0.3) is 0 Å². The van der Waals surface area contributed by atoms with Crippen LogP contribution in [-0.4, -0.2) is 40.2 Å². The lowest BCUT2D eigenvalue weighted by atomic mass is 10.1. The molecule has 0 saturated carbocycles. The number of fused-ring (bicyclic) bond motifs is 1. The van der Waals surface area contributed by atoms with Crippen LogP contribution in [0.4, 0.5) is 11.4 Å². The van der Waals surface area contributed by atoms with E-state index in [9.17, 15) is 10.2 Å². The van der Waals surface area contributed by atoms with Crippen molar-refractivity contribution < 1.29 is 10.2 Å². The van der Waals surface area contributed by atoms with E-state index in [1.807, 2.05) is 48.2 Å². The molecule has 3 rings (SSSR count). The van der Waals surface area contributed by atoms with Crippen LogP contribution in [-0.2, 0) is 6.54 Å². The van der Waals surface area contributed by atoms with Gasteiger partial charge in [0, 0.05) is 20.2 Å². The number of para-hydroxylation sites is 1. The molecule has 0 spiro atoms. The van der Waals surface area contributed by atoms with Crippen LogP contribution in [0.3, 0.4) is 0 Å². The van der Waals surface area contributed by atoms with Crippen molar-refractivity contribution in [3.05, 3.63) is 35.9 Å². The Bertz CT molecular complexity index is 676. The Morgan fingerprint density at radius 2 is 2.00 bits per heavy atom. The highest BCUT2D eigenvalue weighted by molar-refractivity contribution is 6.00. The quantitative estimate of drug-likeness (QED) is 0.742. The Labute approximate surface area is 116 Å². The first kappa shape index (κ1) is 12.4. The lowest BCUT2D eigenvalue weighted by Gasteiger charge is -2.33. The predicted octanol–water partition coefficient (Wildman–Crippen LogP) is 2.00. The number of H-pyrrole nitrogens is 1. The Hall–Kier alpha value is -2.63. The molecule has 1 aromatic heterocycles. The molecule has 0 radical (unpaired) electrons. The lowest BCUT2D eigenvalue weighted by molar-refractivity contribution is 0.425. The number of aromatic nitrogens is 1. The molecule has 20 heavy (non-hydrogen) atoms. The van der Waals surface area contributed by atoms with Crippen LogP contribution < -0.4 is 4.90 Å². The van der Waals surface area contributed by atoms with Gasteiger partial charge in [0.1, 0.15) is 5.69 Å². The zero-order valence-electron chi connectivity index (χ0n) is 11.3. The number of guanidine groups is 1. The number of aromatic hydroxyl groups is 2. The molecule has 2 aromatic rings. The maximum absolute atomic E-state index is 9.90. The molecule has 0 atom stereocenters. The van der Waals surface area contributed by atoms with Gasteiger partial charge in [-0.3, -0.25) is 4.98 Å². The number of aromatic amines is 1. The van der Waals surface area contributed by atoms with Crippen LogP contribution >= 0.6 is 0 Å². The fourth-order valence-corrected chi connectivity index (χ4v) is 2.32. The summed E-state index contributed by atoms with van der Waals surface area (Å²) in [6.45, 7) is 0.581. The highest BCUT2D eigenvalue weighted by atomic mass is 16.3. The fraction of sp³-hybridized carbons (Fsp3) is 0.214. The topological polar surface area (TPSA) is 75.1 Å². The van der Waals surface area contributed by atoms with Gasteiger partial charge >= 0.3 is 0 Å². The van der Waals surface area contributed by atoms with Crippen molar-refractivity contribution in [3.8, 4) is 11.8 Å². The van der Waals surface area contributed by atoms with E-state index in [0.29, 0.717) is 18.2 Å². The van der Waals surface area contributed by atoms with Crippen molar-refractivity contribution in [3.63, 3.8) is 0 Å². The Morgan fingerprint density at radius 1 is 1.25 bits per heavy atom. The molecule has 0 aliphatic carbocycles. The van der Waals surface area contributed by atoms with E-state index in [0.717, 1.165) is 11.3 Å². The SMILES string of the molecule is CN(C)C1=Nc2ccccc2CN1c1cc(O)[nH]c1O. The number of aliphatic imine (C=N–C) groups is 1. The summed E-state index contributed by atoms with van der Waals surface area (Å²) < 4.78 is 0. The molecule has 3 N–H and O–H groups in total. The summed E-state index contributed by atoms with van der Waals surface area (Å²) in [5.74, 6) is 0.559. The van der Waals surface area contributed by atoms with Crippen molar-refractivity contribution >= 4 is 17.3 Å². The highest BCUT2D eigenvalue weighted by Gasteiger charge is 2.25. The zero-order chi connectivity index (χ0) is 14.3. The maximum Gasteiger partial charge on any atom is 0.216 e.